The lowest BCUT2D eigenvalue weighted by Crippen LogP contribution is -2.34. The van der Waals surface area contributed by atoms with Gasteiger partial charge in [0.2, 0.25) is 5.89 Å². The second kappa shape index (κ2) is 9.79. The van der Waals surface area contributed by atoms with Crippen LogP contribution in [0.1, 0.15) is 16.8 Å². The van der Waals surface area contributed by atoms with Crippen molar-refractivity contribution >= 4 is 22.5 Å². The molecule has 0 radical (unpaired) electrons. The molecule has 0 aliphatic carbocycles. The summed E-state index contributed by atoms with van der Waals surface area (Å²) in [7, 11) is 0. The Kier molecular flexibility index (Phi) is 6.03. The monoisotopic (exact) mass is 491 g/mol. The lowest BCUT2D eigenvalue weighted by molar-refractivity contribution is 0.0768. The molecule has 1 aliphatic rings. The van der Waals surface area contributed by atoms with Crippen LogP contribution in [-0.4, -0.2) is 57.2 Å². The largest absolute Gasteiger partial charge is 0.414 e. The van der Waals surface area contributed by atoms with Crippen LogP contribution in [0.3, 0.4) is 0 Å². The van der Waals surface area contributed by atoms with Crippen molar-refractivity contribution in [2.24, 2.45) is 0 Å². The van der Waals surface area contributed by atoms with Crippen molar-refractivity contribution in [3.8, 4) is 34.3 Å². The number of carbonyl (C=O) groups excluding carboxylic acids is 1. The fourth-order valence-electron chi connectivity index (χ4n) is 4.63. The molecule has 0 atom stereocenters. The smallest absolute Gasteiger partial charge is 0.270 e. The van der Waals surface area contributed by atoms with E-state index < -0.39 is 0 Å². The van der Waals surface area contributed by atoms with Crippen LogP contribution in [0.25, 0.3) is 45.1 Å². The normalized spacial score (nSPS) is 14.0. The summed E-state index contributed by atoms with van der Waals surface area (Å²) in [6.07, 6.45) is 2.56. The third kappa shape index (κ3) is 4.41. The van der Waals surface area contributed by atoms with Gasteiger partial charge in [0.25, 0.3) is 11.8 Å². The van der Waals surface area contributed by atoms with Gasteiger partial charge >= 0.3 is 0 Å². The third-order valence-corrected chi connectivity index (χ3v) is 6.51. The number of nitrogens with two attached hydrogens (primary N) is 1. The first-order valence-electron chi connectivity index (χ1n) is 12.2. The summed E-state index contributed by atoms with van der Waals surface area (Å²) in [4.78, 5) is 24.5. The molecule has 3 aromatic carbocycles. The molecule has 0 spiro atoms. The van der Waals surface area contributed by atoms with Crippen LogP contribution < -0.4 is 11.1 Å². The first-order chi connectivity index (χ1) is 18.2. The highest BCUT2D eigenvalue weighted by Gasteiger charge is 2.22. The summed E-state index contributed by atoms with van der Waals surface area (Å²) in [5, 5.41) is 13.4. The topological polar surface area (TPSA) is 123 Å². The van der Waals surface area contributed by atoms with Gasteiger partial charge in [-0.05, 0) is 41.9 Å². The van der Waals surface area contributed by atoms with E-state index in [0.29, 0.717) is 29.4 Å². The van der Waals surface area contributed by atoms with Gasteiger partial charge in [-0.25, -0.2) is 9.97 Å². The number of rotatable bonds is 4. The molecular weight excluding hydrogens is 466 g/mol. The van der Waals surface area contributed by atoms with Crippen molar-refractivity contribution in [3.05, 3.63) is 78.5 Å². The number of aromatic nitrogens is 4. The Morgan fingerprint density at radius 1 is 0.892 bits per heavy atom. The van der Waals surface area contributed by atoms with E-state index in [1.807, 2.05) is 71.6 Å². The molecule has 1 amide bonds. The van der Waals surface area contributed by atoms with E-state index in [1.54, 1.807) is 6.20 Å². The number of nitrogens with one attached hydrogen (secondary N) is 1. The summed E-state index contributed by atoms with van der Waals surface area (Å²) in [6, 6.07) is 21.1. The number of nitrogens with zero attached hydrogens (tertiary/aromatic N) is 5. The SMILES string of the molecule is Nc1ncc(-c2ccc(C(=O)N3CCCNCC3)c3ccccc23)nc1-c1nnc(-c2ccccc2)o1. The molecule has 3 heterocycles. The average molecular weight is 492 g/mol. The Morgan fingerprint density at radius 3 is 2.54 bits per heavy atom. The minimum atomic E-state index is 0.0369. The molecule has 6 rings (SSSR count). The molecule has 184 valence electrons. The number of hydrogen-bond acceptors (Lipinski definition) is 8. The van der Waals surface area contributed by atoms with Gasteiger partial charge in [-0.1, -0.05) is 48.5 Å². The summed E-state index contributed by atoms with van der Waals surface area (Å²) >= 11 is 0. The molecular formula is C28H25N7O2. The molecule has 1 fully saturated rings. The van der Waals surface area contributed by atoms with Gasteiger partial charge in [-0.2, -0.15) is 0 Å². The average Bonchev–Trinajstić information content (AvgIpc) is 3.28. The Balaban J connectivity index is 1.40. The Hall–Kier alpha value is -4.63. The lowest BCUT2D eigenvalue weighted by atomic mass is 9.97. The molecule has 3 N–H and O–H groups in total. The molecule has 2 aromatic heterocycles. The quantitative estimate of drug-likeness (QED) is 0.386. The van der Waals surface area contributed by atoms with Crippen molar-refractivity contribution in [1.82, 2.24) is 30.4 Å². The van der Waals surface area contributed by atoms with E-state index in [4.69, 9.17) is 15.1 Å². The zero-order valence-corrected chi connectivity index (χ0v) is 20.1. The number of amides is 1. The molecule has 1 aliphatic heterocycles. The number of nitrogen functional groups attached to an aromatic ring is 1. The van der Waals surface area contributed by atoms with Crippen molar-refractivity contribution in [3.63, 3.8) is 0 Å². The number of benzene rings is 3. The summed E-state index contributed by atoms with van der Waals surface area (Å²) in [6.45, 7) is 3.16. The Morgan fingerprint density at radius 2 is 1.68 bits per heavy atom. The summed E-state index contributed by atoms with van der Waals surface area (Å²) < 4.78 is 5.88. The van der Waals surface area contributed by atoms with Crippen LogP contribution in [0.15, 0.2) is 77.3 Å². The minimum Gasteiger partial charge on any atom is -0.414 e. The standard InChI is InChI=1S/C28H25N7O2/c29-25-24(27-34-33-26(37-27)18-7-2-1-3-8-18)32-23(17-31-25)21-11-12-22(20-10-5-4-9-19(20)21)28(36)35-15-6-13-30-14-16-35/h1-5,7-12,17,30H,6,13-16H2,(H2,29,31). The molecule has 1 saturated heterocycles. The zero-order valence-electron chi connectivity index (χ0n) is 20.1. The number of carbonyl (C=O) groups is 1. The van der Waals surface area contributed by atoms with Crippen molar-refractivity contribution < 1.29 is 9.21 Å². The van der Waals surface area contributed by atoms with Crippen molar-refractivity contribution in [2.75, 3.05) is 31.9 Å². The van der Waals surface area contributed by atoms with Crippen LogP contribution in [-0.2, 0) is 0 Å². The van der Waals surface area contributed by atoms with Gasteiger partial charge in [-0.15, -0.1) is 10.2 Å². The van der Waals surface area contributed by atoms with Gasteiger partial charge in [0.05, 0.1) is 11.9 Å². The fraction of sp³-hybridized carbons (Fsp3) is 0.179. The maximum atomic E-state index is 13.4. The number of anilines is 1. The van der Waals surface area contributed by atoms with Crippen LogP contribution >= 0.6 is 0 Å². The van der Waals surface area contributed by atoms with E-state index in [9.17, 15) is 4.79 Å². The highest BCUT2D eigenvalue weighted by Crippen LogP contribution is 2.33. The van der Waals surface area contributed by atoms with E-state index in [0.717, 1.165) is 48.0 Å². The number of hydrogen-bond donors (Lipinski definition) is 2. The summed E-state index contributed by atoms with van der Waals surface area (Å²) in [5.74, 6) is 0.795. The first-order valence-corrected chi connectivity index (χ1v) is 12.2. The van der Waals surface area contributed by atoms with Crippen molar-refractivity contribution in [2.45, 2.75) is 6.42 Å². The maximum Gasteiger partial charge on any atom is 0.270 e. The van der Waals surface area contributed by atoms with Crippen LogP contribution in [0, 0.1) is 0 Å². The van der Waals surface area contributed by atoms with E-state index in [-0.39, 0.29) is 17.6 Å². The first kappa shape index (κ1) is 22.8. The Labute approximate surface area is 213 Å². The molecule has 9 nitrogen and oxygen atoms in total. The second-order valence-corrected chi connectivity index (χ2v) is 8.87. The van der Waals surface area contributed by atoms with Gasteiger partial charge in [0.1, 0.15) is 0 Å². The third-order valence-electron chi connectivity index (χ3n) is 6.51. The van der Waals surface area contributed by atoms with Crippen LogP contribution in [0.4, 0.5) is 5.82 Å². The molecule has 0 saturated carbocycles. The molecule has 0 bridgehead atoms. The molecule has 9 heteroatoms. The van der Waals surface area contributed by atoms with Gasteiger partial charge < -0.3 is 20.4 Å². The van der Waals surface area contributed by atoms with Crippen LogP contribution in [0.2, 0.25) is 0 Å². The van der Waals surface area contributed by atoms with E-state index in [1.165, 1.54) is 0 Å². The van der Waals surface area contributed by atoms with Gasteiger partial charge in [0.15, 0.2) is 11.5 Å². The predicted octanol–water partition coefficient (Wildman–Crippen LogP) is 4.03. The molecule has 37 heavy (non-hydrogen) atoms. The van der Waals surface area contributed by atoms with Gasteiger partial charge in [0, 0.05) is 36.3 Å². The molecule has 5 aromatic rings. The minimum absolute atomic E-state index is 0.0369. The summed E-state index contributed by atoms with van der Waals surface area (Å²) in [5.41, 5.74) is 9.38. The highest BCUT2D eigenvalue weighted by molar-refractivity contribution is 6.10. The number of fused-ring (bicyclic) bond motifs is 1. The zero-order chi connectivity index (χ0) is 25.2. The van der Waals surface area contributed by atoms with Crippen molar-refractivity contribution in [1.29, 1.82) is 0 Å². The Bertz CT molecular complexity index is 1570. The predicted molar refractivity (Wildman–Crippen MR) is 142 cm³/mol. The van der Waals surface area contributed by atoms with Crippen LogP contribution in [0.5, 0.6) is 0 Å². The lowest BCUT2D eigenvalue weighted by Gasteiger charge is -2.21. The maximum absolute atomic E-state index is 13.4. The van der Waals surface area contributed by atoms with Gasteiger partial charge in [-0.3, -0.25) is 4.79 Å². The second-order valence-electron chi connectivity index (χ2n) is 8.87. The van der Waals surface area contributed by atoms with E-state index >= 15 is 0 Å². The fourth-order valence-corrected chi connectivity index (χ4v) is 4.63. The molecule has 0 unspecified atom stereocenters. The van der Waals surface area contributed by atoms with E-state index in [2.05, 4.69) is 20.5 Å². The highest BCUT2D eigenvalue weighted by atomic mass is 16.4.